The minimum Gasteiger partial charge on any atom is -0.321 e. The van der Waals surface area contributed by atoms with E-state index in [0.29, 0.717) is 0 Å². The number of hydrogen-bond acceptors (Lipinski definition) is 3. The SMILES string of the molecule is c1ccc(-c2nc3ccccc3n2CCN2CCCC2)nc1. The van der Waals surface area contributed by atoms with E-state index in [1.165, 1.54) is 31.4 Å². The van der Waals surface area contributed by atoms with Crippen LogP contribution in [0.15, 0.2) is 48.7 Å². The highest BCUT2D eigenvalue weighted by molar-refractivity contribution is 5.79. The van der Waals surface area contributed by atoms with E-state index in [4.69, 9.17) is 4.98 Å². The third-order valence-electron chi connectivity index (χ3n) is 4.39. The largest absolute Gasteiger partial charge is 0.321 e. The number of hydrogen-bond donors (Lipinski definition) is 0. The van der Waals surface area contributed by atoms with Gasteiger partial charge < -0.3 is 9.47 Å². The molecule has 0 saturated carbocycles. The fourth-order valence-corrected chi connectivity index (χ4v) is 3.24. The standard InChI is InChI=1S/C18H20N4/c1-2-9-17-15(7-1)20-18(16-8-3-4-10-19-16)22(17)14-13-21-11-5-6-12-21/h1-4,7-10H,5-6,11-14H2. The molecule has 4 heteroatoms. The van der Waals surface area contributed by atoms with Crippen molar-refractivity contribution in [3.05, 3.63) is 48.7 Å². The lowest BCUT2D eigenvalue weighted by molar-refractivity contribution is 0.325. The molecule has 1 aliphatic rings. The number of para-hydroxylation sites is 2. The summed E-state index contributed by atoms with van der Waals surface area (Å²) in [6, 6.07) is 14.4. The van der Waals surface area contributed by atoms with Gasteiger partial charge in [0.1, 0.15) is 5.69 Å². The van der Waals surface area contributed by atoms with E-state index in [2.05, 4.69) is 32.7 Å². The molecule has 22 heavy (non-hydrogen) atoms. The first-order valence-electron chi connectivity index (χ1n) is 8.01. The van der Waals surface area contributed by atoms with Crippen LogP contribution in [0.25, 0.3) is 22.6 Å². The fourth-order valence-electron chi connectivity index (χ4n) is 3.24. The Morgan fingerprint density at radius 3 is 2.55 bits per heavy atom. The Balaban J connectivity index is 1.73. The summed E-state index contributed by atoms with van der Waals surface area (Å²) in [5.74, 6) is 0.973. The van der Waals surface area contributed by atoms with Gasteiger partial charge in [0.2, 0.25) is 0 Å². The van der Waals surface area contributed by atoms with Crippen LogP contribution in [-0.2, 0) is 6.54 Å². The van der Waals surface area contributed by atoms with E-state index < -0.39 is 0 Å². The van der Waals surface area contributed by atoms with Crippen molar-refractivity contribution in [2.24, 2.45) is 0 Å². The summed E-state index contributed by atoms with van der Waals surface area (Å²) in [5.41, 5.74) is 3.19. The van der Waals surface area contributed by atoms with Gasteiger partial charge >= 0.3 is 0 Å². The molecule has 4 nitrogen and oxygen atoms in total. The zero-order valence-corrected chi connectivity index (χ0v) is 12.7. The molecule has 0 N–H and O–H groups in total. The van der Waals surface area contributed by atoms with Crippen LogP contribution < -0.4 is 0 Å². The second-order valence-electron chi connectivity index (χ2n) is 5.84. The van der Waals surface area contributed by atoms with Crippen molar-refractivity contribution in [1.29, 1.82) is 0 Å². The molecule has 0 amide bonds. The van der Waals surface area contributed by atoms with E-state index in [1.54, 1.807) is 0 Å². The van der Waals surface area contributed by atoms with Crippen molar-refractivity contribution in [3.63, 3.8) is 0 Å². The summed E-state index contributed by atoms with van der Waals surface area (Å²) in [7, 11) is 0. The number of likely N-dealkylation sites (tertiary alicyclic amines) is 1. The molecule has 112 valence electrons. The Morgan fingerprint density at radius 2 is 1.73 bits per heavy atom. The predicted molar refractivity (Wildman–Crippen MR) is 88.6 cm³/mol. The van der Waals surface area contributed by atoms with Gasteiger partial charge in [0, 0.05) is 19.3 Å². The van der Waals surface area contributed by atoms with Crippen LogP contribution in [0.5, 0.6) is 0 Å². The maximum atomic E-state index is 4.81. The highest BCUT2D eigenvalue weighted by Gasteiger charge is 2.16. The molecule has 0 radical (unpaired) electrons. The Hall–Kier alpha value is -2.20. The first-order valence-corrected chi connectivity index (χ1v) is 8.01. The van der Waals surface area contributed by atoms with Crippen LogP contribution in [0.2, 0.25) is 0 Å². The summed E-state index contributed by atoms with van der Waals surface area (Å²) in [5, 5.41) is 0. The van der Waals surface area contributed by atoms with E-state index in [-0.39, 0.29) is 0 Å². The second kappa shape index (κ2) is 5.89. The van der Waals surface area contributed by atoms with Crippen molar-refractivity contribution in [3.8, 4) is 11.5 Å². The van der Waals surface area contributed by atoms with E-state index in [0.717, 1.165) is 30.1 Å². The van der Waals surface area contributed by atoms with E-state index >= 15 is 0 Å². The van der Waals surface area contributed by atoms with Gasteiger partial charge in [0.25, 0.3) is 0 Å². The molecule has 1 aliphatic heterocycles. The van der Waals surface area contributed by atoms with Crippen molar-refractivity contribution < 1.29 is 0 Å². The first kappa shape index (κ1) is 13.5. The molecule has 1 aromatic carbocycles. The van der Waals surface area contributed by atoms with Gasteiger partial charge in [0.05, 0.1) is 11.0 Å². The molecule has 2 aromatic heterocycles. The highest BCUT2D eigenvalue weighted by atomic mass is 15.2. The summed E-state index contributed by atoms with van der Waals surface area (Å²) >= 11 is 0. The zero-order valence-electron chi connectivity index (χ0n) is 12.7. The van der Waals surface area contributed by atoms with Crippen LogP contribution in [0.3, 0.4) is 0 Å². The molecule has 3 aromatic rings. The van der Waals surface area contributed by atoms with Crippen molar-refractivity contribution in [2.75, 3.05) is 19.6 Å². The molecule has 4 rings (SSSR count). The Morgan fingerprint density at radius 1 is 0.909 bits per heavy atom. The molecular weight excluding hydrogens is 272 g/mol. The van der Waals surface area contributed by atoms with Crippen molar-refractivity contribution in [1.82, 2.24) is 19.4 Å². The summed E-state index contributed by atoms with van der Waals surface area (Å²) in [6.45, 7) is 4.50. The molecule has 1 fully saturated rings. The summed E-state index contributed by atoms with van der Waals surface area (Å²) in [6.07, 6.45) is 4.50. The minimum absolute atomic E-state index is 0.945. The minimum atomic E-state index is 0.945. The van der Waals surface area contributed by atoms with Crippen LogP contribution in [0, 0.1) is 0 Å². The summed E-state index contributed by atoms with van der Waals surface area (Å²) < 4.78 is 2.32. The molecule has 0 bridgehead atoms. The lowest BCUT2D eigenvalue weighted by Crippen LogP contribution is -2.24. The van der Waals surface area contributed by atoms with Crippen LogP contribution >= 0.6 is 0 Å². The van der Waals surface area contributed by atoms with Gasteiger partial charge in [-0.05, 0) is 50.2 Å². The van der Waals surface area contributed by atoms with Crippen LogP contribution in [0.1, 0.15) is 12.8 Å². The third kappa shape index (κ3) is 2.50. The molecule has 0 aliphatic carbocycles. The van der Waals surface area contributed by atoms with Crippen LogP contribution in [-0.4, -0.2) is 39.1 Å². The van der Waals surface area contributed by atoms with E-state index in [1.807, 2.05) is 30.5 Å². The average molecular weight is 292 g/mol. The monoisotopic (exact) mass is 292 g/mol. The third-order valence-corrected chi connectivity index (χ3v) is 4.39. The Bertz CT molecular complexity index is 757. The molecule has 0 unspecified atom stereocenters. The maximum absolute atomic E-state index is 4.81. The van der Waals surface area contributed by atoms with Gasteiger partial charge in [-0.15, -0.1) is 0 Å². The quantitative estimate of drug-likeness (QED) is 0.740. The van der Waals surface area contributed by atoms with Crippen molar-refractivity contribution in [2.45, 2.75) is 19.4 Å². The zero-order chi connectivity index (χ0) is 14.8. The number of imidazole rings is 1. The lowest BCUT2D eigenvalue weighted by Gasteiger charge is -2.16. The molecular formula is C18H20N4. The van der Waals surface area contributed by atoms with Gasteiger partial charge in [-0.1, -0.05) is 18.2 Å². The highest BCUT2D eigenvalue weighted by Crippen LogP contribution is 2.23. The number of benzene rings is 1. The van der Waals surface area contributed by atoms with E-state index in [9.17, 15) is 0 Å². The number of fused-ring (bicyclic) bond motifs is 1. The number of nitrogens with zero attached hydrogens (tertiary/aromatic N) is 4. The lowest BCUT2D eigenvalue weighted by atomic mass is 10.3. The molecule has 3 heterocycles. The van der Waals surface area contributed by atoms with Crippen LogP contribution in [0.4, 0.5) is 0 Å². The number of aromatic nitrogens is 3. The van der Waals surface area contributed by atoms with Gasteiger partial charge in [0.15, 0.2) is 5.82 Å². The fraction of sp³-hybridized carbons (Fsp3) is 0.333. The molecule has 0 spiro atoms. The number of pyridine rings is 1. The van der Waals surface area contributed by atoms with Crippen molar-refractivity contribution >= 4 is 11.0 Å². The topological polar surface area (TPSA) is 34.0 Å². The van der Waals surface area contributed by atoms with Gasteiger partial charge in [-0.2, -0.15) is 0 Å². The average Bonchev–Trinajstić information content (AvgIpc) is 3.21. The Labute approximate surface area is 130 Å². The smallest absolute Gasteiger partial charge is 0.159 e. The molecule has 0 atom stereocenters. The normalized spacial score (nSPS) is 15.6. The second-order valence-corrected chi connectivity index (χ2v) is 5.84. The Kier molecular flexibility index (Phi) is 3.60. The van der Waals surface area contributed by atoms with Gasteiger partial charge in [-0.3, -0.25) is 4.98 Å². The first-order chi connectivity index (χ1) is 10.9. The maximum Gasteiger partial charge on any atom is 0.159 e. The predicted octanol–water partition coefficient (Wildman–Crippen LogP) is 3.19. The number of rotatable bonds is 4. The molecule has 1 saturated heterocycles. The van der Waals surface area contributed by atoms with Gasteiger partial charge in [-0.25, -0.2) is 4.98 Å². The summed E-state index contributed by atoms with van der Waals surface area (Å²) in [4.78, 5) is 11.8.